The van der Waals surface area contributed by atoms with Crippen LogP contribution < -0.4 is 11.5 Å². The largest absolute Gasteiger partial charge is 0.369 e. The summed E-state index contributed by atoms with van der Waals surface area (Å²) in [5.41, 5.74) is 10.9. The van der Waals surface area contributed by atoms with Gasteiger partial charge in [0.1, 0.15) is 5.41 Å². The van der Waals surface area contributed by atoms with E-state index in [0.717, 1.165) is 128 Å². The third kappa shape index (κ3) is 6.90. The summed E-state index contributed by atoms with van der Waals surface area (Å²) in [6, 6.07) is 0. The molecule has 4 aliphatic rings. The summed E-state index contributed by atoms with van der Waals surface area (Å²) in [6.45, 7) is 0. The van der Waals surface area contributed by atoms with E-state index in [4.69, 9.17) is 11.5 Å². The Bertz CT molecular complexity index is 992. The molecule has 2 amide bonds. The van der Waals surface area contributed by atoms with Gasteiger partial charge < -0.3 is 11.5 Å². The highest BCUT2D eigenvalue weighted by molar-refractivity contribution is 5.90. The third-order valence-electron chi connectivity index (χ3n) is 11.9. The van der Waals surface area contributed by atoms with Gasteiger partial charge in [-0.2, -0.15) is 0 Å². The van der Waals surface area contributed by atoms with Crippen LogP contribution >= 0.6 is 0 Å². The number of hydrogen-bond donors (Lipinski definition) is 2. The Balaban J connectivity index is 2.08. The van der Waals surface area contributed by atoms with Crippen LogP contribution in [-0.2, 0) is 9.59 Å². The van der Waals surface area contributed by atoms with Gasteiger partial charge in [0.25, 0.3) is 0 Å². The van der Waals surface area contributed by atoms with Gasteiger partial charge in [0.05, 0.1) is 5.41 Å². The Hall–Kier alpha value is -1.94. The molecule has 0 saturated heterocycles. The summed E-state index contributed by atoms with van der Waals surface area (Å²) in [4.78, 5) is 29.1. The minimum atomic E-state index is -1.17. The summed E-state index contributed by atoms with van der Waals surface area (Å²) in [5.74, 6) is 13.9. The number of rotatable bonds is 5. The maximum atomic E-state index is 14.6. The molecule has 3 unspecified atom stereocenters. The van der Waals surface area contributed by atoms with E-state index < -0.39 is 16.2 Å². The normalized spacial score (nSPS) is 32.5. The van der Waals surface area contributed by atoms with Crippen molar-refractivity contribution in [1.29, 1.82) is 0 Å². The van der Waals surface area contributed by atoms with Gasteiger partial charge in [0.15, 0.2) is 0 Å². The van der Waals surface area contributed by atoms with Crippen LogP contribution in [0.25, 0.3) is 0 Å². The second-order valence-electron chi connectivity index (χ2n) is 14.3. The lowest BCUT2D eigenvalue weighted by molar-refractivity contribution is -0.176. The minimum Gasteiger partial charge on any atom is -0.369 e. The van der Waals surface area contributed by atoms with Crippen molar-refractivity contribution in [2.45, 2.75) is 173 Å². The highest BCUT2D eigenvalue weighted by atomic mass is 16.2. The Labute approximate surface area is 257 Å². The van der Waals surface area contributed by atoms with Gasteiger partial charge in [0.2, 0.25) is 11.8 Å². The predicted octanol–water partition coefficient (Wildman–Crippen LogP) is 8.74. The van der Waals surface area contributed by atoms with Gasteiger partial charge in [-0.3, -0.25) is 9.59 Å². The SMILES string of the molecule is NC(=O)C1(C2(C3CCCCCCCC3)CCCCCC#CC2(C(N)=O)C2C#CCCCCCC2)CCCCCCCC1. The van der Waals surface area contributed by atoms with Crippen molar-refractivity contribution in [2.75, 3.05) is 0 Å². The molecule has 4 N–H and O–H groups in total. The van der Waals surface area contributed by atoms with E-state index in [1.54, 1.807) is 0 Å². The summed E-state index contributed by atoms with van der Waals surface area (Å²) in [7, 11) is 0. The molecule has 4 rings (SSSR count). The standard InChI is InChI=1S/C38H60N2O2/c39-34(41)36(28-20-12-5-6-13-21-29-36)38(33-26-18-10-3-4-11-19-27-33)31-23-15-7-14-22-30-37(38,35(40)42)32-24-16-8-1-2-9-17-25-32/h32-33H,1-16,18-21,23-24,26-29,31H2,(H2,39,41)(H2,40,42). The Morgan fingerprint density at radius 3 is 1.60 bits per heavy atom. The lowest BCUT2D eigenvalue weighted by Crippen LogP contribution is -2.67. The highest BCUT2D eigenvalue weighted by Gasteiger charge is 2.70. The number of hydrogen-bond acceptors (Lipinski definition) is 2. The third-order valence-corrected chi connectivity index (χ3v) is 11.9. The molecule has 42 heavy (non-hydrogen) atoms. The minimum absolute atomic E-state index is 0.188. The van der Waals surface area contributed by atoms with Crippen molar-refractivity contribution in [1.82, 2.24) is 0 Å². The topological polar surface area (TPSA) is 86.2 Å². The molecule has 0 bridgehead atoms. The maximum absolute atomic E-state index is 14.6. The lowest BCUT2D eigenvalue weighted by Gasteiger charge is -2.62. The molecule has 0 aromatic rings. The fourth-order valence-electron chi connectivity index (χ4n) is 9.92. The lowest BCUT2D eigenvalue weighted by atomic mass is 9.38. The first-order valence-corrected chi connectivity index (χ1v) is 18.1. The van der Waals surface area contributed by atoms with Crippen LogP contribution in [0.1, 0.15) is 173 Å². The molecular weight excluding hydrogens is 516 g/mol. The van der Waals surface area contributed by atoms with Crippen LogP contribution in [0.4, 0.5) is 0 Å². The zero-order valence-electron chi connectivity index (χ0n) is 26.7. The van der Waals surface area contributed by atoms with Gasteiger partial charge in [0, 0.05) is 24.2 Å². The van der Waals surface area contributed by atoms with Crippen molar-refractivity contribution in [3.05, 3.63) is 0 Å². The van der Waals surface area contributed by atoms with Crippen molar-refractivity contribution < 1.29 is 9.59 Å². The van der Waals surface area contributed by atoms with E-state index in [9.17, 15) is 9.59 Å². The Morgan fingerprint density at radius 1 is 0.524 bits per heavy atom. The summed E-state index contributed by atoms with van der Waals surface area (Å²) in [6.07, 6.45) is 28.3. The predicted molar refractivity (Wildman–Crippen MR) is 173 cm³/mol. The molecular formula is C38H60N2O2. The van der Waals surface area contributed by atoms with Crippen molar-refractivity contribution in [2.24, 2.45) is 39.5 Å². The molecule has 0 spiro atoms. The number of carbonyl (C=O) groups excluding carboxylic acids is 2. The molecule has 4 aliphatic carbocycles. The molecule has 234 valence electrons. The smallest absolute Gasteiger partial charge is 0.237 e. The van der Waals surface area contributed by atoms with Gasteiger partial charge in [-0.05, 0) is 57.3 Å². The van der Waals surface area contributed by atoms with Gasteiger partial charge in [-0.15, -0.1) is 11.8 Å². The molecule has 2 fully saturated rings. The second-order valence-corrected chi connectivity index (χ2v) is 14.3. The molecule has 4 heteroatoms. The quantitative estimate of drug-likeness (QED) is 0.321. The van der Waals surface area contributed by atoms with E-state index in [1.807, 2.05) is 0 Å². The monoisotopic (exact) mass is 576 g/mol. The number of primary amides is 2. The van der Waals surface area contributed by atoms with Crippen LogP contribution in [-0.4, -0.2) is 11.8 Å². The molecule has 2 saturated carbocycles. The van der Waals surface area contributed by atoms with Crippen molar-refractivity contribution in [3.8, 4) is 23.7 Å². The fourth-order valence-corrected chi connectivity index (χ4v) is 9.92. The molecule has 0 radical (unpaired) electrons. The maximum Gasteiger partial charge on any atom is 0.237 e. The number of nitrogens with two attached hydrogens (primary N) is 2. The first-order valence-electron chi connectivity index (χ1n) is 18.1. The van der Waals surface area contributed by atoms with Crippen LogP contribution in [0.5, 0.6) is 0 Å². The van der Waals surface area contributed by atoms with Crippen molar-refractivity contribution in [3.63, 3.8) is 0 Å². The van der Waals surface area contributed by atoms with Crippen molar-refractivity contribution >= 4 is 11.8 Å². The zero-order valence-corrected chi connectivity index (χ0v) is 26.7. The summed E-state index contributed by atoms with van der Waals surface area (Å²) < 4.78 is 0. The second kappa shape index (κ2) is 16.2. The van der Waals surface area contributed by atoms with Gasteiger partial charge in [-0.25, -0.2) is 0 Å². The van der Waals surface area contributed by atoms with Crippen LogP contribution in [0.3, 0.4) is 0 Å². The molecule has 0 aliphatic heterocycles. The van der Waals surface area contributed by atoms with Crippen LogP contribution in [0.15, 0.2) is 0 Å². The fraction of sp³-hybridized carbons (Fsp3) is 0.842. The van der Waals surface area contributed by atoms with E-state index >= 15 is 0 Å². The molecule has 0 heterocycles. The first-order chi connectivity index (χ1) is 20.5. The summed E-state index contributed by atoms with van der Waals surface area (Å²) >= 11 is 0. The Morgan fingerprint density at radius 2 is 1.00 bits per heavy atom. The molecule has 0 aromatic carbocycles. The van der Waals surface area contributed by atoms with Crippen LogP contribution in [0.2, 0.25) is 0 Å². The van der Waals surface area contributed by atoms with Gasteiger partial charge >= 0.3 is 0 Å². The average molecular weight is 577 g/mol. The average Bonchev–Trinajstić information content (AvgIpc) is 3.31. The first kappa shape index (κ1) is 33.0. The zero-order chi connectivity index (χ0) is 29.7. The molecule has 3 atom stereocenters. The molecule has 4 nitrogen and oxygen atoms in total. The van der Waals surface area contributed by atoms with Crippen LogP contribution in [0, 0.1) is 51.8 Å². The number of carbonyl (C=O) groups is 2. The van der Waals surface area contributed by atoms with E-state index in [0.29, 0.717) is 0 Å². The van der Waals surface area contributed by atoms with E-state index in [-0.39, 0.29) is 23.7 Å². The number of amides is 2. The highest BCUT2D eigenvalue weighted by Crippen LogP contribution is 2.68. The van der Waals surface area contributed by atoms with E-state index in [2.05, 4.69) is 23.7 Å². The van der Waals surface area contributed by atoms with E-state index in [1.165, 1.54) is 44.9 Å². The van der Waals surface area contributed by atoms with Gasteiger partial charge in [-0.1, -0.05) is 121 Å². The molecule has 0 aromatic heterocycles. The Kier molecular flexibility index (Phi) is 12.7. The summed E-state index contributed by atoms with van der Waals surface area (Å²) in [5, 5.41) is 0.